The summed E-state index contributed by atoms with van der Waals surface area (Å²) in [6.07, 6.45) is 1.43. The number of carbonyl (C=O) groups is 2. The molecule has 1 aromatic carbocycles. The van der Waals surface area contributed by atoms with Crippen LogP contribution < -0.4 is 25.7 Å². The van der Waals surface area contributed by atoms with E-state index in [4.69, 9.17) is 9.47 Å². The van der Waals surface area contributed by atoms with E-state index >= 15 is 0 Å². The molecule has 2 amide bonds. The lowest BCUT2D eigenvalue weighted by Crippen LogP contribution is -2.35. The van der Waals surface area contributed by atoms with Gasteiger partial charge in [0.1, 0.15) is 5.65 Å². The summed E-state index contributed by atoms with van der Waals surface area (Å²) in [5, 5.41) is 16.0. The van der Waals surface area contributed by atoms with Crippen LogP contribution in [0.1, 0.15) is 30.4 Å². The zero-order valence-electron chi connectivity index (χ0n) is 17.3. The van der Waals surface area contributed by atoms with Gasteiger partial charge in [-0.15, -0.1) is 0 Å². The second-order valence-electron chi connectivity index (χ2n) is 7.29. The van der Waals surface area contributed by atoms with Gasteiger partial charge in [0.2, 0.25) is 24.5 Å². The minimum atomic E-state index is -0.789. The average molecular weight is 438 g/mol. The van der Waals surface area contributed by atoms with E-state index in [0.29, 0.717) is 22.7 Å². The van der Waals surface area contributed by atoms with Crippen molar-refractivity contribution in [2.24, 2.45) is 0 Å². The molecule has 0 aliphatic carbocycles. The van der Waals surface area contributed by atoms with Gasteiger partial charge in [-0.1, -0.05) is 12.1 Å². The molecule has 1 atom stereocenters. The maximum atomic E-state index is 13.2. The predicted octanol–water partition coefficient (Wildman–Crippen LogP) is 0.903. The third kappa shape index (κ3) is 4.34. The first-order valence-corrected chi connectivity index (χ1v) is 10.0. The molecule has 0 bridgehead atoms. The van der Waals surface area contributed by atoms with E-state index in [0.717, 1.165) is 0 Å². The molecule has 1 aliphatic rings. The highest BCUT2D eigenvalue weighted by atomic mass is 16.7. The van der Waals surface area contributed by atoms with Gasteiger partial charge in [-0.3, -0.25) is 18.8 Å². The Morgan fingerprint density at radius 3 is 2.75 bits per heavy atom. The minimum absolute atomic E-state index is 0.00424. The van der Waals surface area contributed by atoms with Crippen LogP contribution in [0.2, 0.25) is 0 Å². The molecule has 3 aromatic rings. The fourth-order valence-electron chi connectivity index (χ4n) is 3.61. The highest BCUT2D eigenvalue weighted by molar-refractivity contribution is 5.78. The fourth-order valence-corrected chi connectivity index (χ4v) is 3.61. The summed E-state index contributed by atoms with van der Waals surface area (Å²) >= 11 is 0. The number of nitrogens with one attached hydrogen (secondary N) is 2. The minimum Gasteiger partial charge on any atom is -0.493 e. The maximum Gasteiger partial charge on any atom is 0.265 e. The summed E-state index contributed by atoms with van der Waals surface area (Å²) in [4.78, 5) is 41.1. The average Bonchev–Trinajstić information content (AvgIpc) is 3.24. The third-order valence-electron chi connectivity index (χ3n) is 5.11. The lowest BCUT2D eigenvalue weighted by atomic mass is 9.89. The van der Waals surface area contributed by atoms with Gasteiger partial charge in [0, 0.05) is 38.5 Å². The molecule has 0 saturated heterocycles. The van der Waals surface area contributed by atoms with Crippen molar-refractivity contribution in [3.8, 4) is 17.4 Å². The Morgan fingerprint density at radius 2 is 1.94 bits per heavy atom. The first-order chi connectivity index (χ1) is 15.4. The Kier molecular flexibility index (Phi) is 5.93. The molecule has 0 spiro atoms. The molecule has 10 heteroatoms. The van der Waals surface area contributed by atoms with Gasteiger partial charge < -0.3 is 25.2 Å². The molecule has 1 unspecified atom stereocenters. The van der Waals surface area contributed by atoms with Gasteiger partial charge in [-0.2, -0.15) is 4.98 Å². The number of hydrogen-bond donors (Lipinski definition) is 3. The van der Waals surface area contributed by atoms with E-state index < -0.39 is 17.4 Å². The van der Waals surface area contributed by atoms with Crippen molar-refractivity contribution < 1.29 is 24.2 Å². The summed E-state index contributed by atoms with van der Waals surface area (Å²) in [5.41, 5.74) is 0.422. The summed E-state index contributed by atoms with van der Waals surface area (Å²) in [5.74, 6) is -0.721. The van der Waals surface area contributed by atoms with Crippen LogP contribution in [0.4, 0.5) is 0 Å². The Balaban J connectivity index is 1.70. The molecule has 3 N–H and O–H groups in total. The standard InChI is InChI=1S/C22H22N4O6/c1-13(27)23-7-8-24-19(28)11-15(14-5-6-16-17(10-14)32-12-31-16)20-21(29)25-18-4-2-3-9-26(18)22(20)30/h2-6,9-10,15,29H,7-8,11-12H2,1H3,(H,23,27)(H,24,28). The molecule has 0 saturated carbocycles. The van der Waals surface area contributed by atoms with Gasteiger partial charge in [0.05, 0.1) is 5.56 Å². The van der Waals surface area contributed by atoms with Gasteiger partial charge in [-0.25, -0.2) is 0 Å². The van der Waals surface area contributed by atoms with E-state index in [1.807, 2.05) is 0 Å². The third-order valence-corrected chi connectivity index (χ3v) is 5.11. The van der Waals surface area contributed by atoms with E-state index in [9.17, 15) is 19.5 Å². The number of benzene rings is 1. The number of amides is 2. The topological polar surface area (TPSA) is 131 Å². The quantitative estimate of drug-likeness (QED) is 0.467. The molecular weight excluding hydrogens is 416 g/mol. The molecule has 10 nitrogen and oxygen atoms in total. The number of ether oxygens (including phenoxy) is 2. The Labute approximate surface area is 182 Å². The maximum absolute atomic E-state index is 13.2. The number of carbonyl (C=O) groups excluding carboxylic acids is 2. The highest BCUT2D eigenvalue weighted by Gasteiger charge is 2.28. The molecule has 1 aliphatic heterocycles. The van der Waals surface area contributed by atoms with Gasteiger partial charge in [0.25, 0.3) is 5.56 Å². The fraction of sp³-hybridized carbons (Fsp3) is 0.273. The van der Waals surface area contributed by atoms with Crippen LogP contribution in [0.15, 0.2) is 47.4 Å². The van der Waals surface area contributed by atoms with Crippen LogP contribution >= 0.6 is 0 Å². The summed E-state index contributed by atoms with van der Waals surface area (Å²) in [6, 6.07) is 10.1. The Bertz CT molecular complexity index is 1240. The monoisotopic (exact) mass is 438 g/mol. The number of hydrogen-bond acceptors (Lipinski definition) is 7. The van der Waals surface area contributed by atoms with E-state index in [2.05, 4.69) is 15.6 Å². The van der Waals surface area contributed by atoms with Gasteiger partial charge in [-0.05, 0) is 29.8 Å². The van der Waals surface area contributed by atoms with E-state index in [1.165, 1.54) is 11.3 Å². The first kappa shape index (κ1) is 21.2. The lowest BCUT2D eigenvalue weighted by molar-refractivity contribution is -0.122. The van der Waals surface area contributed by atoms with Crippen LogP contribution in [0.25, 0.3) is 5.65 Å². The molecule has 3 heterocycles. The predicted molar refractivity (Wildman–Crippen MR) is 114 cm³/mol. The van der Waals surface area contributed by atoms with Crippen molar-refractivity contribution in [3.05, 3.63) is 64.1 Å². The summed E-state index contributed by atoms with van der Waals surface area (Å²) < 4.78 is 12.1. The van der Waals surface area contributed by atoms with Crippen molar-refractivity contribution in [2.75, 3.05) is 19.9 Å². The zero-order chi connectivity index (χ0) is 22.7. The molecule has 4 rings (SSSR count). The number of rotatable bonds is 7. The smallest absolute Gasteiger partial charge is 0.265 e. The lowest BCUT2D eigenvalue weighted by Gasteiger charge is -2.19. The van der Waals surface area contributed by atoms with Crippen LogP contribution in [0.5, 0.6) is 17.4 Å². The molecule has 32 heavy (non-hydrogen) atoms. The molecule has 166 valence electrons. The Morgan fingerprint density at radius 1 is 1.16 bits per heavy atom. The number of fused-ring (bicyclic) bond motifs is 2. The van der Waals surface area contributed by atoms with Gasteiger partial charge in [0.15, 0.2) is 11.5 Å². The SMILES string of the molecule is CC(=O)NCCNC(=O)CC(c1ccc2c(c1)OCO2)c1c(O)nc2ccccn2c1=O. The van der Waals surface area contributed by atoms with Crippen molar-refractivity contribution in [1.29, 1.82) is 0 Å². The number of nitrogens with zero attached hydrogens (tertiary/aromatic N) is 2. The van der Waals surface area contributed by atoms with Crippen LogP contribution in [0.3, 0.4) is 0 Å². The second-order valence-corrected chi connectivity index (χ2v) is 7.29. The summed E-state index contributed by atoms with van der Waals surface area (Å²) in [6.45, 7) is 1.98. The number of aromatic hydroxyl groups is 1. The second kappa shape index (κ2) is 8.96. The zero-order valence-corrected chi connectivity index (χ0v) is 17.3. The van der Waals surface area contributed by atoms with Crippen molar-refractivity contribution >= 4 is 17.5 Å². The van der Waals surface area contributed by atoms with Crippen molar-refractivity contribution in [2.45, 2.75) is 19.3 Å². The molecular formula is C22H22N4O6. The Hall–Kier alpha value is -4.08. The largest absolute Gasteiger partial charge is 0.493 e. The number of aromatic nitrogens is 2. The molecule has 0 radical (unpaired) electrons. The normalized spacial score (nSPS) is 13.0. The van der Waals surface area contributed by atoms with Crippen molar-refractivity contribution in [1.82, 2.24) is 20.0 Å². The van der Waals surface area contributed by atoms with Crippen LogP contribution in [0, 0.1) is 0 Å². The highest BCUT2D eigenvalue weighted by Crippen LogP contribution is 2.38. The van der Waals surface area contributed by atoms with E-state index in [1.54, 1.807) is 42.6 Å². The van der Waals surface area contributed by atoms with Crippen molar-refractivity contribution in [3.63, 3.8) is 0 Å². The van der Waals surface area contributed by atoms with Gasteiger partial charge >= 0.3 is 0 Å². The van der Waals surface area contributed by atoms with E-state index in [-0.39, 0.29) is 43.7 Å². The van der Waals surface area contributed by atoms with Crippen LogP contribution in [-0.2, 0) is 9.59 Å². The number of pyridine rings is 1. The first-order valence-electron chi connectivity index (χ1n) is 10.0. The molecule has 0 fully saturated rings. The van der Waals surface area contributed by atoms with Crippen LogP contribution in [-0.4, -0.2) is 46.2 Å². The molecule has 2 aromatic heterocycles. The summed E-state index contributed by atoms with van der Waals surface area (Å²) in [7, 11) is 0.